The molecule has 156 valence electrons. The van der Waals surface area contributed by atoms with E-state index in [4.69, 9.17) is 19.9 Å². The number of hydrogen-bond donors (Lipinski definition) is 1. The third kappa shape index (κ3) is 3.20. The lowest BCUT2D eigenvalue weighted by atomic mass is 9.82. The molecular formula is C21H21BrN4O3S. The molecule has 0 aromatic heterocycles. The fourth-order valence-corrected chi connectivity index (χ4v) is 5.63. The molecular weight excluding hydrogens is 468 g/mol. The number of fused-ring (bicyclic) bond motifs is 1. The van der Waals surface area contributed by atoms with Gasteiger partial charge in [0.25, 0.3) is 0 Å². The van der Waals surface area contributed by atoms with Gasteiger partial charge in [-0.25, -0.2) is 4.99 Å². The van der Waals surface area contributed by atoms with Crippen LogP contribution in [0.5, 0.6) is 5.75 Å². The number of halogens is 1. The van der Waals surface area contributed by atoms with E-state index in [9.17, 15) is 8.42 Å². The van der Waals surface area contributed by atoms with Crippen molar-refractivity contribution < 1.29 is 12.6 Å². The molecule has 2 aromatic rings. The topological polar surface area (TPSA) is 97.3 Å². The second-order valence-electron chi connectivity index (χ2n) is 7.70. The summed E-state index contributed by atoms with van der Waals surface area (Å²) in [4.78, 5) is 11.7. The van der Waals surface area contributed by atoms with E-state index in [1.54, 1.807) is 12.1 Å². The molecule has 30 heavy (non-hydrogen) atoms. The normalized spacial score (nSPS) is 23.6. The van der Waals surface area contributed by atoms with Crippen molar-refractivity contribution in [2.24, 2.45) is 15.7 Å². The van der Waals surface area contributed by atoms with E-state index >= 15 is 0 Å². The molecule has 2 N–H and O–H groups in total. The molecule has 0 bridgehead atoms. The van der Waals surface area contributed by atoms with Gasteiger partial charge < -0.3 is 9.92 Å². The van der Waals surface area contributed by atoms with Gasteiger partial charge in [0.15, 0.2) is 11.5 Å². The van der Waals surface area contributed by atoms with Crippen LogP contribution in [-0.2, 0) is 15.7 Å². The lowest BCUT2D eigenvalue weighted by molar-refractivity contribution is 0.484. The van der Waals surface area contributed by atoms with Crippen LogP contribution in [0.25, 0.3) is 0 Å². The molecule has 1 aliphatic carbocycles. The smallest absolute Gasteiger partial charge is 0.312 e. The van der Waals surface area contributed by atoms with Crippen LogP contribution in [0.3, 0.4) is 0 Å². The van der Waals surface area contributed by atoms with Crippen LogP contribution >= 0.6 is 15.9 Å². The zero-order valence-electron chi connectivity index (χ0n) is 16.2. The summed E-state index contributed by atoms with van der Waals surface area (Å²) in [5, 5.41) is -0.380. The Bertz CT molecular complexity index is 1160. The quantitative estimate of drug-likeness (QED) is 0.652. The van der Waals surface area contributed by atoms with E-state index in [0.717, 1.165) is 34.4 Å². The van der Waals surface area contributed by atoms with Gasteiger partial charge in [-0.3, -0.25) is 9.89 Å². The standard InChI is InChI=1S/C21H21BrN4O3S/c22-16-4-1-3-15(13-16)21(19-24-11-2-12-26(19)20(23)25-21)14-5-7-17(8-6-14)29-30(27,28)18-9-10-18/h1,3-8,13,18H,2,9-12H2,(H2,23,25). The highest BCUT2D eigenvalue weighted by Gasteiger charge is 2.49. The van der Waals surface area contributed by atoms with Gasteiger partial charge in [-0.2, -0.15) is 8.42 Å². The number of benzene rings is 2. The van der Waals surface area contributed by atoms with Crippen molar-refractivity contribution in [3.8, 4) is 5.75 Å². The Labute approximate surface area is 183 Å². The Hall–Kier alpha value is -2.39. The lowest BCUT2D eigenvalue weighted by Crippen LogP contribution is -2.46. The summed E-state index contributed by atoms with van der Waals surface area (Å²) in [5.41, 5.74) is 7.21. The molecule has 7 nitrogen and oxygen atoms in total. The van der Waals surface area contributed by atoms with Crippen LogP contribution in [0, 0.1) is 0 Å². The predicted octanol–water partition coefficient (Wildman–Crippen LogP) is 3.00. The molecule has 1 atom stereocenters. The Morgan fingerprint density at radius 3 is 2.60 bits per heavy atom. The van der Waals surface area contributed by atoms with Crippen LogP contribution in [0.2, 0.25) is 0 Å². The van der Waals surface area contributed by atoms with Crippen LogP contribution < -0.4 is 9.92 Å². The number of nitrogens with zero attached hydrogens (tertiary/aromatic N) is 3. The van der Waals surface area contributed by atoms with E-state index in [1.165, 1.54) is 0 Å². The third-order valence-corrected chi connectivity index (χ3v) is 7.80. The molecule has 1 saturated carbocycles. The zero-order valence-corrected chi connectivity index (χ0v) is 18.6. The van der Waals surface area contributed by atoms with Crippen molar-refractivity contribution in [2.75, 3.05) is 13.1 Å². The monoisotopic (exact) mass is 488 g/mol. The highest BCUT2D eigenvalue weighted by molar-refractivity contribution is 9.10. The fourth-order valence-electron chi connectivity index (χ4n) is 4.00. The minimum Gasteiger partial charge on any atom is -0.382 e. The van der Waals surface area contributed by atoms with Gasteiger partial charge >= 0.3 is 10.1 Å². The maximum Gasteiger partial charge on any atom is 0.312 e. The largest absolute Gasteiger partial charge is 0.382 e. The SMILES string of the molecule is NC1=NC(c2ccc(OS(=O)(=O)C3CC3)cc2)(c2cccc(Br)c2)C2=NCCCN12. The molecule has 5 rings (SSSR count). The van der Waals surface area contributed by atoms with E-state index in [0.29, 0.717) is 31.1 Å². The molecule has 0 amide bonds. The third-order valence-electron chi connectivity index (χ3n) is 5.60. The van der Waals surface area contributed by atoms with Crippen molar-refractivity contribution in [3.05, 3.63) is 64.1 Å². The fraction of sp³-hybridized carbons (Fsp3) is 0.333. The maximum absolute atomic E-state index is 12.2. The molecule has 3 aliphatic rings. The maximum atomic E-state index is 12.2. The van der Waals surface area contributed by atoms with Crippen LogP contribution in [0.15, 0.2) is 63.0 Å². The number of hydrogen-bond acceptors (Lipinski definition) is 7. The first-order valence-corrected chi connectivity index (χ1v) is 12.1. The summed E-state index contributed by atoms with van der Waals surface area (Å²) >= 11 is 3.55. The molecule has 1 fully saturated rings. The average Bonchev–Trinajstić information content (AvgIpc) is 3.55. The van der Waals surface area contributed by atoms with E-state index < -0.39 is 15.7 Å². The number of aliphatic imine (C=N–C) groups is 2. The molecule has 2 aliphatic heterocycles. The van der Waals surface area contributed by atoms with E-state index in [-0.39, 0.29) is 5.25 Å². The second kappa shape index (κ2) is 7.09. The summed E-state index contributed by atoms with van der Waals surface area (Å²) in [6.45, 7) is 1.48. The van der Waals surface area contributed by atoms with Crippen molar-refractivity contribution in [3.63, 3.8) is 0 Å². The highest BCUT2D eigenvalue weighted by Crippen LogP contribution is 2.42. The van der Waals surface area contributed by atoms with Crippen LogP contribution in [0.1, 0.15) is 30.4 Å². The summed E-state index contributed by atoms with van der Waals surface area (Å²) < 4.78 is 30.6. The van der Waals surface area contributed by atoms with Gasteiger partial charge in [-0.1, -0.05) is 40.2 Å². The number of nitrogens with two attached hydrogens (primary N) is 1. The Kier molecular flexibility index (Phi) is 4.62. The summed E-state index contributed by atoms with van der Waals surface area (Å²) in [7, 11) is -3.56. The Morgan fingerprint density at radius 1 is 1.13 bits per heavy atom. The summed E-state index contributed by atoms with van der Waals surface area (Å²) in [6.07, 6.45) is 2.24. The van der Waals surface area contributed by atoms with Crippen LogP contribution in [-0.4, -0.2) is 43.5 Å². The number of guanidine groups is 1. The van der Waals surface area contributed by atoms with Gasteiger partial charge in [0.2, 0.25) is 0 Å². The first kappa shape index (κ1) is 19.6. The summed E-state index contributed by atoms with van der Waals surface area (Å²) in [6, 6.07) is 15.0. The van der Waals surface area contributed by atoms with Crippen molar-refractivity contribution in [1.29, 1.82) is 0 Å². The Balaban J connectivity index is 1.60. The molecule has 2 heterocycles. The lowest BCUT2D eigenvalue weighted by Gasteiger charge is -2.33. The number of rotatable bonds is 5. The molecule has 0 radical (unpaired) electrons. The highest BCUT2D eigenvalue weighted by atomic mass is 79.9. The van der Waals surface area contributed by atoms with Crippen molar-refractivity contribution in [2.45, 2.75) is 30.1 Å². The first-order chi connectivity index (χ1) is 14.4. The van der Waals surface area contributed by atoms with Gasteiger partial charge in [0, 0.05) is 17.6 Å². The Morgan fingerprint density at radius 2 is 1.90 bits per heavy atom. The summed E-state index contributed by atoms with van der Waals surface area (Å²) in [5.74, 6) is 1.53. The molecule has 0 saturated heterocycles. The second-order valence-corrected chi connectivity index (χ2v) is 10.4. The van der Waals surface area contributed by atoms with Crippen molar-refractivity contribution >= 4 is 37.8 Å². The minimum atomic E-state index is -3.56. The van der Waals surface area contributed by atoms with Crippen molar-refractivity contribution in [1.82, 2.24) is 4.90 Å². The molecule has 9 heteroatoms. The van der Waals surface area contributed by atoms with Gasteiger partial charge in [0.1, 0.15) is 11.6 Å². The average molecular weight is 489 g/mol. The zero-order chi connectivity index (χ0) is 20.9. The number of amidine groups is 1. The molecule has 0 spiro atoms. The van der Waals surface area contributed by atoms with Gasteiger partial charge in [-0.05, 0) is 54.7 Å². The molecule has 1 unspecified atom stereocenters. The molecule has 2 aromatic carbocycles. The predicted molar refractivity (Wildman–Crippen MR) is 119 cm³/mol. The van der Waals surface area contributed by atoms with Gasteiger partial charge in [0.05, 0.1) is 5.25 Å². The minimum absolute atomic E-state index is 0.299. The van der Waals surface area contributed by atoms with Gasteiger partial charge in [-0.15, -0.1) is 0 Å². The van der Waals surface area contributed by atoms with E-state index in [2.05, 4.69) is 15.9 Å². The van der Waals surface area contributed by atoms with Crippen LogP contribution in [0.4, 0.5) is 0 Å². The first-order valence-electron chi connectivity index (χ1n) is 9.88. The van der Waals surface area contributed by atoms with E-state index in [1.807, 2.05) is 41.3 Å².